The molecule has 0 spiro atoms. The molecule has 0 nitrogen and oxygen atoms in total. The van der Waals surface area contributed by atoms with Crippen molar-refractivity contribution in [3.05, 3.63) is 128 Å². The van der Waals surface area contributed by atoms with Gasteiger partial charge in [0.25, 0.3) is 0 Å². The van der Waals surface area contributed by atoms with Gasteiger partial charge in [-0.1, -0.05) is 0 Å². The van der Waals surface area contributed by atoms with Gasteiger partial charge in [0, 0.05) is 0 Å². The maximum atomic E-state index is 8.87. The van der Waals surface area contributed by atoms with E-state index in [-0.39, 0.29) is 18.1 Å². The molecule has 0 saturated carbocycles. The van der Waals surface area contributed by atoms with Crippen molar-refractivity contribution >= 4 is 35.1 Å². The fourth-order valence-corrected chi connectivity index (χ4v) is 41.5. The number of aryl methyl sites for hydroxylation is 2. The summed E-state index contributed by atoms with van der Waals surface area (Å²) < 4.78 is 0.162. The number of rotatable bonds is 9. The number of allylic oxidation sites excluding steroid dienone is 2. The van der Waals surface area contributed by atoms with Crippen molar-refractivity contribution in [2.24, 2.45) is 0 Å². The van der Waals surface area contributed by atoms with Crippen LogP contribution in [0.25, 0.3) is 34.4 Å². The molecule has 6 rings (SSSR count). The van der Waals surface area contributed by atoms with E-state index < -0.39 is 21.5 Å². The number of hydrogen-bond donors (Lipinski definition) is 0. The van der Waals surface area contributed by atoms with Gasteiger partial charge >= 0.3 is 327 Å². The predicted octanol–water partition coefficient (Wildman–Crippen LogP) is 15.1. The topological polar surface area (TPSA) is 0 Å². The zero-order valence-electron chi connectivity index (χ0n) is 33.9. The molecular formula is C48H61Cl2SiZr. The zero-order valence-corrected chi connectivity index (χ0v) is 39.0. The Hall–Kier alpha value is -1.96. The SMILES string of the molecule is CCC1=Cc2c(ccc(C(C)(C)C)c2-c2ccccc2CC)[CH]1[Zr]([Cl])([Cl])([CH]1C(CC)=Cc2c1ccc(C(C)(C)C)c2-c1ccccc1CC)[SiH](C)C. The fourth-order valence-electron chi connectivity index (χ4n) is 9.75. The van der Waals surface area contributed by atoms with Gasteiger partial charge in [-0.3, -0.25) is 0 Å². The molecule has 0 heterocycles. The van der Waals surface area contributed by atoms with Gasteiger partial charge in [-0.15, -0.1) is 0 Å². The van der Waals surface area contributed by atoms with E-state index in [1.807, 2.05) is 0 Å². The summed E-state index contributed by atoms with van der Waals surface area (Å²) in [6, 6.07) is 27.8. The van der Waals surface area contributed by atoms with Crippen LogP contribution >= 0.6 is 17.0 Å². The van der Waals surface area contributed by atoms with E-state index in [0.717, 1.165) is 25.7 Å². The van der Waals surface area contributed by atoms with Crippen molar-refractivity contribution in [2.75, 3.05) is 0 Å². The monoisotopic (exact) mass is 825 g/mol. The first kappa shape index (κ1) is 39.7. The van der Waals surface area contributed by atoms with Crippen LogP contribution in [0.5, 0.6) is 0 Å². The van der Waals surface area contributed by atoms with E-state index in [4.69, 9.17) is 17.0 Å². The normalized spacial score (nSPS) is 18.2. The first-order chi connectivity index (χ1) is 24.4. The Kier molecular flexibility index (Phi) is 10.9. The summed E-state index contributed by atoms with van der Waals surface area (Å²) in [5.74, 6) is -1.69. The predicted molar refractivity (Wildman–Crippen MR) is 233 cm³/mol. The molecule has 0 bridgehead atoms. The third kappa shape index (κ3) is 6.29. The molecule has 4 heteroatoms. The van der Waals surface area contributed by atoms with E-state index in [1.165, 1.54) is 77.9 Å². The molecular weight excluding hydrogens is 767 g/mol. The average Bonchev–Trinajstić information content (AvgIpc) is 3.70. The van der Waals surface area contributed by atoms with Gasteiger partial charge in [-0.25, -0.2) is 0 Å². The molecule has 0 radical (unpaired) electrons. The van der Waals surface area contributed by atoms with Crippen molar-refractivity contribution in [3.63, 3.8) is 0 Å². The Morgan fingerprint density at radius 3 is 1.21 bits per heavy atom. The van der Waals surface area contributed by atoms with Crippen molar-refractivity contribution in [3.8, 4) is 22.3 Å². The molecule has 2 atom stereocenters. The molecule has 275 valence electrons. The van der Waals surface area contributed by atoms with Crippen LogP contribution in [0.3, 0.4) is 0 Å². The summed E-state index contributed by atoms with van der Waals surface area (Å²) in [4.78, 5) is 0. The van der Waals surface area contributed by atoms with Gasteiger partial charge in [0.05, 0.1) is 0 Å². The van der Waals surface area contributed by atoms with Crippen molar-refractivity contribution < 1.29 is 15.6 Å². The van der Waals surface area contributed by atoms with Crippen LogP contribution in [-0.2, 0) is 39.2 Å². The number of fused-ring (bicyclic) bond motifs is 2. The molecule has 2 aliphatic rings. The second-order valence-electron chi connectivity index (χ2n) is 17.9. The van der Waals surface area contributed by atoms with Gasteiger partial charge < -0.3 is 0 Å². The maximum absolute atomic E-state index is 8.87. The quantitative estimate of drug-likeness (QED) is 0.147. The van der Waals surface area contributed by atoms with E-state index in [9.17, 15) is 0 Å². The Morgan fingerprint density at radius 1 is 0.538 bits per heavy atom. The molecule has 0 saturated heterocycles. The van der Waals surface area contributed by atoms with E-state index in [2.05, 4.69) is 167 Å². The zero-order chi connectivity index (χ0) is 38.0. The summed E-state index contributed by atoms with van der Waals surface area (Å²) in [6.07, 6.45) is 8.98. The second kappa shape index (κ2) is 14.3. The summed E-state index contributed by atoms with van der Waals surface area (Å²) in [7, 11) is 17.7. The molecule has 4 aromatic rings. The fraction of sp³-hybridized carbons (Fsp3) is 0.417. The van der Waals surface area contributed by atoms with Gasteiger partial charge in [-0.05, 0) is 0 Å². The number of hydrogen-bond acceptors (Lipinski definition) is 0. The Morgan fingerprint density at radius 2 is 0.904 bits per heavy atom. The molecule has 52 heavy (non-hydrogen) atoms. The molecule has 0 aliphatic heterocycles. The van der Waals surface area contributed by atoms with Gasteiger partial charge in [0.2, 0.25) is 0 Å². The van der Waals surface area contributed by atoms with E-state index >= 15 is 0 Å². The summed E-state index contributed by atoms with van der Waals surface area (Å²) in [5, 5.41) is 0. The first-order valence-electron chi connectivity index (χ1n) is 19.9. The van der Waals surface area contributed by atoms with E-state index in [1.54, 1.807) is 0 Å². The molecule has 2 unspecified atom stereocenters. The second-order valence-corrected chi connectivity index (χ2v) is 60.4. The van der Waals surface area contributed by atoms with Crippen LogP contribution < -0.4 is 0 Å². The van der Waals surface area contributed by atoms with Crippen LogP contribution in [-0.4, -0.2) is 5.92 Å². The van der Waals surface area contributed by atoms with Gasteiger partial charge in [-0.2, -0.15) is 0 Å². The number of benzene rings is 4. The average molecular weight is 828 g/mol. The summed E-state index contributed by atoms with van der Waals surface area (Å²) in [6.45, 7) is 28.3. The van der Waals surface area contributed by atoms with Crippen molar-refractivity contribution in [1.29, 1.82) is 0 Å². The molecule has 0 N–H and O–H groups in total. The molecule has 0 fully saturated rings. The third-order valence-electron chi connectivity index (χ3n) is 12.6. The van der Waals surface area contributed by atoms with Gasteiger partial charge in [0.1, 0.15) is 0 Å². The minimum atomic E-state index is -4.94. The molecule has 2 aliphatic carbocycles. The molecule has 0 amide bonds. The molecule has 4 aromatic carbocycles. The molecule has 0 aromatic heterocycles. The third-order valence-corrected chi connectivity index (χ3v) is 64.4. The Balaban J connectivity index is 1.68. The Labute approximate surface area is 324 Å². The number of halogens is 2. The van der Waals surface area contributed by atoms with Gasteiger partial charge in [0.15, 0.2) is 0 Å². The van der Waals surface area contributed by atoms with Crippen LogP contribution in [0, 0.1) is 0 Å². The van der Waals surface area contributed by atoms with Crippen LogP contribution in [0.4, 0.5) is 0 Å². The summed E-state index contributed by atoms with van der Waals surface area (Å²) in [5.41, 5.74) is 19.4. The van der Waals surface area contributed by atoms with Crippen LogP contribution in [0.1, 0.15) is 134 Å². The first-order valence-corrected chi connectivity index (χ1v) is 36.2. The van der Waals surface area contributed by atoms with E-state index in [0.29, 0.717) is 0 Å². The van der Waals surface area contributed by atoms with Crippen LogP contribution in [0.2, 0.25) is 13.1 Å². The Bertz CT molecular complexity index is 1940. The van der Waals surface area contributed by atoms with Crippen molar-refractivity contribution in [1.82, 2.24) is 0 Å². The minimum absolute atomic E-state index is 0.0191. The summed E-state index contributed by atoms with van der Waals surface area (Å²) >= 11 is -4.94. The van der Waals surface area contributed by atoms with Crippen molar-refractivity contribution in [2.45, 2.75) is 126 Å². The van der Waals surface area contributed by atoms with Crippen LogP contribution in [0.15, 0.2) is 83.9 Å². The standard InChI is InChI=1S/2C23H27.C2H7Si.2ClH.Zr/c2*1-6-16-14-18-12-13-21(23(3,4)5)22(20(18)15-16)19-11-9-8-10-17(19)7-2;1-3-2;;;/h2*8-15H,6-7H2,1-5H3;3H,1-2H3;2*1H;/q;;;;;+2/p-2.